The fourth-order valence-electron chi connectivity index (χ4n) is 4.37. The number of pyridine rings is 1. The number of aromatic nitrogens is 1. The van der Waals surface area contributed by atoms with Gasteiger partial charge in [0, 0.05) is 38.6 Å². The molecule has 160 valence electrons. The van der Waals surface area contributed by atoms with Crippen molar-refractivity contribution in [3.05, 3.63) is 102 Å². The molecular weight excluding hydrogens is 384 g/mol. The summed E-state index contributed by atoms with van der Waals surface area (Å²) < 4.78 is 0. The second-order valence-corrected chi connectivity index (χ2v) is 7.99. The molecule has 1 N–H and O–H groups in total. The van der Waals surface area contributed by atoms with Gasteiger partial charge in [-0.15, -0.1) is 0 Å². The summed E-state index contributed by atoms with van der Waals surface area (Å²) in [5, 5.41) is 3.20. The Labute approximate surface area is 184 Å². The van der Waals surface area contributed by atoms with Crippen LogP contribution in [0.4, 0.5) is 0 Å². The summed E-state index contributed by atoms with van der Waals surface area (Å²) in [5.74, 6) is 0.168. The predicted molar refractivity (Wildman–Crippen MR) is 124 cm³/mol. The molecule has 2 heterocycles. The molecule has 4 rings (SSSR count). The van der Waals surface area contributed by atoms with E-state index in [2.05, 4.69) is 75.9 Å². The van der Waals surface area contributed by atoms with Crippen molar-refractivity contribution in [3.8, 4) is 0 Å². The molecule has 1 aliphatic heterocycles. The van der Waals surface area contributed by atoms with E-state index in [9.17, 15) is 4.79 Å². The summed E-state index contributed by atoms with van der Waals surface area (Å²) in [7, 11) is 1.86. The van der Waals surface area contributed by atoms with Crippen LogP contribution < -0.4 is 5.32 Å². The van der Waals surface area contributed by atoms with E-state index in [0.717, 1.165) is 31.7 Å². The maximum Gasteiger partial charge on any atom is 0.240 e. The molecule has 0 spiro atoms. The third-order valence-electron chi connectivity index (χ3n) is 6.03. The van der Waals surface area contributed by atoms with E-state index in [0.29, 0.717) is 6.42 Å². The number of likely N-dealkylation sites (N-methyl/N-ethyl adjacent to an activating group) is 1. The topological polar surface area (TPSA) is 48.5 Å². The molecule has 31 heavy (non-hydrogen) atoms. The molecule has 2 aromatic carbocycles. The Kier molecular flexibility index (Phi) is 7.07. The molecule has 0 radical (unpaired) electrons. The Balaban J connectivity index is 1.44. The van der Waals surface area contributed by atoms with Crippen LogP contribution in [0, 0.1) is 0 Å². The molecule has 3 aromatic rings. The van der Waals surface area contributed by atoms with E-state index in [1.807, 2.05) is 30.3 Å². The van der Waals surface area contributed by atoms with Gasteiger partial charge in [-0.3, -0.25) is 14.7 Å². The smallest absolute Gasteiger partial charge is 0.240 e. The first-order valence-corrected chi connectivity index (χ1v) is 10.9. The lowest BCUT2D eigenvalue weighted by Crippen LogP contribution is -2.54. The summed E-state index contributed by atoms with van der Waals surface area (Å²) in [4.78, 5) is 21.8. The van der Waals surface area contributed by atoms with Crippen LogP contribution >= 0.6 is 0 Å². The Morgan fingerprint density at radius 3 is 2.03 bits per heavy atom. The number of carbonyl (C=O) groups is 1. The predicted octanol–water partition coefficient (Wildman–Crippen LogP) is 3.15. The third kappa shape index (κ3) is 5.19. The van der Waals surface area contributed by atoms with Gasteiger partial charge in [-0.25, -0.2) is 0 Å². The standard InChI is InChI=1S/C26H30N4O/c1-27-24(19-21-9-8-14-28-20-21)26(31)30-17-15-29(16-18-30)25(22-10-4-2-5-11-22)23-12-6-3-7-13-23/h2-14,20,24-25,27H,15-19H2,1H3/t24-/m0/s1. The van der Waals surface area contributed by atoms with E-state index in [1.165, 1.54) is 11.1 Å². The van der Waals surface area contributed by atoms with Crippen LogP contribution in [-0.2, 0) is 11.2 Å². The SMILES string of the molecule is CN[C@@H](Cc1cccnc1)C(=O)N1CCN(C(c2ccccc2)c2ccccc2)CC1. The second kappa shape index (κ2) is 10.3. The van der Waals surface area contributed by atoms with Crippen molar-refractivity contribution in [1.82, 2.24) is 20.1 Å². The van der Waals surface area contributed by atoms with Crippen molar-refractivity contribution in [2.75, 3.05) is 33.2 Å². The van der Waals surface area contributed by atoms with Gasteiger partial charge in [0.15, 0.2) is 0 Å². The van der Waals surface area contributed by atoms with Gasteiger partial charge >= 0.3 is 0 Å². The molecule has 1 atom stereocenters. The molecule has 0 aliphatic carbocycles. The molecule has 0 unspecified atom stereocenters. The summed E-state index contributed by atoms with van der Waals surface area (Å²) in [5.41, 5.74) is 3.65. The van der Waals surface area contributed by atoms with E-state index in [4.69, 9.17) is 0 Å². The van der Waals surface area contributed by atoms with Gasteiger partial charge in [-0.2, -0.15) is 0 Å². The average Bonchev–Trinajstić information content (AvgIpc) is 2.85. The number of rotatable bonds is 7. The quantitative estimate of drug-likeness (QED) is 0.645. The molecule has 1 fully saturated rings. The fourth-order valence-corrected chi connectivity index (χ4v) is 4.37. The Hall–Kier alpha value is -3.02. The number of nitrogens with one attached hydrogen (secondary N) is 1. The fraction of sp³-hybridized carbons (Fsp3) is 0.308. The number of carbonyl (C=O) groups excluding carboxylic acids is 1. The maximum absolute atomic E-state index is 13.2. The largest absolute Gasteiger partial charge is 0.339 e. The van der Waals surface area contributed by atoms with Gasteiger partial charge in [0.1, 0.15) is 0 Å². The Morgan fingerprint density at radius 1 is 0.903 bits per heavy atom. The normalized spacial score (nSPS) is 15.7. The number of benzene rings is 2. The van der Waals surface area contributed by atoms with Crippen LogP contribution in [0.25, 0.3) is 0 Å². The number of nitrogens with zero attached hydrogens (tertiary/aromatic N) is 3. The van der Waals surface area contributed by atoms with Gasteiger partial charge < -0.3 is 10.2 Å². The van der Waals surface area contributed by atoms with Gasteiger partial charge in [0.05, 0.1) is 12.1 Å². The Morgan fingerprint density at radius 2 is 1.52 bits per heavy atom. The van der Waals surface area contributed by atoms with Gasteiger partial charge in [-0.05, 0) is 36.2 Å². The highest BCUT2D eigenvalue weighted by atomic mass is 16.2. The molecule has 1 amide bonds. The average molecular weight is 415 g/mol. The first-order valence-electron chi connectivity index (χ1n) is 10.9. The zero-order chi connectivity index (χ0) is 21.5. The zero-order valence-electron chi connectivity index (χ0n) is 18.0. The van der Waals surface area contributed by atoms with Crippen molar-refractivity contribution in [1.29, 1.82) is 0 Å². The van der Waals surface area contributed by atoms with Gasteiger partial charge in [0.2, 0.25) is 5.91 Å². The summed E-state index contributed by atoms with van der Waals surface area (Å²) in [6, 6.07) is 25.2. The van der Waals surface area contributed by atoms with Crippen molar-refractivity contribution >= 4 is 5.91 Å². The number of hydrogen-bond donors (Lipinski definition) is 1. The lowest BCUT2D eigenvalue weighted by molar-refractivity contribution is -0.135. The highest BCUT2D eigenvalue weighted by molar-refractivity contribution is 5.82. The summed E-state index contributed by atoms with van der Waals surface area (Å²) in [6.07, 6.45) is 4.24. The van der Waals surface area contributed by atoms with Crippen molar-refractivity contribution in [2.24, 2.45) is 0 Å². The minimum atomic E-state index is -0.227. The van der Waals surface area contributed by atoms with Crippen LogP contribution in [0.1, 0.15) is 22.7 Å². The zero-order valence-corrected chi connectivity index (χ0v) is 18.0. The van der Waals surface area contributed by atoms with Crippen molar-refractivity contribution in [2.45, 2.75) is 18.5 Å². The molecule has 1 aliphatic rings. The van der Waals surface area contributed by atoms with Crippen LogP contribution in [0.2, 0.25) is 0 Å². The molecule has 0 bridgehead atoms. The minimum absolute atomic E-state index is 0.168. The van der Waals surface area contributed by atoms with Crippen LogP contribution in [0.3, 0.4) is 0 Å². The Bertz CT molecular complexity index is 901. The van der Waals surface area contributed by atoms with Crippen LogP contribution in [0.15, 0.2) is 85.2 Å². The van der Waals surface area contributed by atoms with E-state index in [1.54, 1.807) is 6.20 Å². The van der Waals surface area contributed by atoms with E-state index >= 15 is 0 Å². The first-order chi connectivity index (χ1) is 15.3. The highest BCUT2D eigenvalue weighted by Crippen LogP contribution is 2.29. The first kappa shape index (κ1) is 21.2. The van der Waals surface area contributed by atoms with E-state index < -0.39 is 0 Å². The van der Waals surface area contributed by atoms with Gasteiger partial charge in [0.25, 0.3) is 0 Å². The van der Waals surface area contributed by atoms with Crippen molar-refractivity contribution in [3.63, 3.8) is 0 Å². The van der Waals surface area contributed by atoms with Gasteiger partial charge in [-0.1, -0.05) is 66.7 Å². The molecule has 1 saturated heterocycles. The van der Waals surface area contributed by atoms with Crippen LogP contribution in [-0.4, -0.2) is 60.0 Å². The molecule has 5 heteroatoms. The highest BCUT2D eigenvalue weighted by Gasteiger charge is 2.30. The molecular formula is C26H30N4O. The van der Waals surface area contributed by atoms with Crippen molar-refractivity contribution < 1.29 is 4.79 Å². The molecule has 1 aromatic heterocycles. The molecule has 0 saturated carbocycles. The minimum Gasteiger partial charge on any atom is -0.339 e. The maximum atomic E-state index is 13.2. The van der Waals surface area contributed by atoms with Crippen LogP contribution in [0.5, 0.6) is 0 Å². The van der Waals surface area contributed by atoms with E-state index in [-0.39, 0.29) is 18.0 Å². The lowest BCUT2D eigenvalue weighted by Gasteiger charge is -2.40. The number of piperazine rings is 1. The molecule has 5 nitrogen and oxygen atoms in total. The number of amides is 1. The summed E-state index contributed by atoms with van der Waals surface area (Å²) in [6.45, 7) is 3.17. The summed E-state index contributed by atoms with van der Waals surface area (Å²) >= 11 is 0. The lowest BCUT2D eigenvalue weighted by atomic mass is 9.96. The second-order valence-electron chi connectivity index (χ2n) is 7.99. The monoisotopic (exact) mass is 414 g/mol. The number of hydrogen-bond acceptors (Lipinski definition) is 4. The third-order valence-corrected chi connectivity index (χ3v) is 6.03.